The molecule has 2 aromatic heterocycles. The smallest absolute Gasteiger partial charge is 0.133 e. The molecule has 1 saturated heterocycles. The summed E-state index contributed by atoms with van der Waals surface area (Å²) in [7, 11) is 4.05. The van der Waals surface area contributed by atoms with Crippen LogP contribution in [0.4, 0.5) is 5.82 Å². The van der Waals surface area contributed by atoms with Gasteiger partial charge in [-0.3, -0.25) is 4.90 Å². The van der Waals surface area contributed by atoms with Gasteiger partial charge in [0.15, 0.2) is 0 Å². The van der Waals surface area contributed by atoms with Crippen LogP contribution in [0.1, 0.15) is 35.9 Å². The minimum atomic E-state index is 0.448. The number of pyridine rings is 1. The summed E-state index contributed by atoms with van der Waals surface area (Å²) in [6, 6.07) is 6.79. The molecule has 0 spiro atoms. The summed E-state index contributed by atoms with van der Waals surface area (Å²) in [5.41, 5.74) is 2.35. The molecule has 1 aliphatic rings. The van der Waals surface area contributed by atoms with Crippen molar-refractivity contribution >= 4 is 5.82 Å². The number of likely N-dealkylation sites (tertiary alicyclic amines) is 1. The van der Waals surface area contributed by atoms with Crippen molar-refractivity contribution in [2.24, 2.45) is 0 Å². The second-order valence-electron chi connectivity index (χ2n) is 5.90. The van der Waals surface area contributed by atoms with Gasteiger partial charge in [-0.2, -0.15) is 0 Å². The minimum absolute atomic E-state index is 0.448. The van der Waals surface area contributed by atoms with Gasteiger partial charge < -0.3 is 9.42 Å². The molecule has 5 heteroatoms. The molecule has 3 heterocycles. The van der Waals surface area contributed by atoms with Gasteiger partial charge in [-0.1, -0.05) is 5.16 Å². The van der Waals surface area contributed by atoms with Gasteiger partial charge in [0.2, 0.25) is 0 Å². The van der Waals surface area contributed by atoms with E-state index in [4.69, 9.17) is 4.52 Å². The molecule has 0 radical (unpaired) electrons. The summed E-state index contributed by atoms with van der Waals surface area (Å²) in [4.78, 5) is 8.93. The predicted octanol–water partition coefficient (Wildman–Crippen LogP) is 2.78. The third kappa shape index (κ3) is 3.08. The van der Waals surface area contributed by atoms with Crippen molar-refractivity contribution in [3.63, 3.8) is 0 Å². The van der Waals surface area contributed by atoms with Crippen LogP contribution in [-0.2, 0) is 6.54 Å². The molecule has 2 aromatic rings. The minimum Gasteiger partial charge on any atom is -0.363 e. The average Bonchev–Trinajstić information content (AvgIpc) is 3.09. The molecule has 0 aromatic carbocycles. The molecule has 0 bridgehead atoms. The molecule has 1 fully saturated rings. The SMILES string of the molecule is Cc1cc(CN2CCCC2c2ccnc(N(C)C)c2)no1. The Hall–Kier alpha value is -1.88. The number of hydrogen-bond donors (Lipinski definition) is 0. The van der Waals surface area contributed by atoms with E-state index in [0.717, 1.165) is 30.4 Å². The maximum absolute atomic E-state index is 5.17. The van der Waals surface area contributed by atoms with Crippen LogP contribution >= 0.6 is 0 Å². The van der Waals surface area contributed by atoms with Gasteiger partial charge >= 0.3 is 0 Å². The van der Waals surface area contributed by atoms with Crippen molar-refractivity contribution in [3.8, 4) is 0 Å². The molecule has 5 nitrogen and oxygen atoms in total. The topological polar surface area (TPSA) is 45.4 Å². The molecule has 1 aliphatic heterocycles. The van der Waals surface area contributed by atoms with Crippen molar-refractivity contribution in [1.82, 2.24) is 15.0 Å². The number of aryl methyl sites for hydroxylation is 1. The van der Waals surface area contributed by atoms with Gasteiger partial charge in [-0.25, -0.2) is 4.98 Å². The second-order valence-corrected chi connectivity index (χ2v) is 5.90. The van der Waals surface area contributed by atoms with Crippen LogP contribution in [0.15, 0.2) is 28.9 Å². The van der Waals surface area contributed by atoms with Gasteiger partial charge in [-0.15, -0.1) is 0 Å². The van der Waals surface area contributed by atoms with Crippen LogP contribution in [0.2, 0.25) is 0 Å². The second kappa shape index (κ2) is 5.85. The molecule has 1 atom stereocenters. The highest BCUT2D eigenvalue weighted by molar-refractivity contribution is 5.40. The Morgan fingerprint density at radius 2 is 2.24 bits per heavy atom. The van der Waals surface area contributed by atoms with Gasteiger partial charge in [0.05, 0.1) is 5.69 Å². The summed E-state index contributed by atoms with van der Waals surface area (Å²) in [6.45, 7) is 3.89. The van der Waals surface area contributed by atoms with Crippen molar-refractivity contribution in [3.05, 3.63) is 41.4 Å². The molecular weight excluding hydrogens is 264 g/mol. The third-order valence-corrected chi connectivity index (χ3v) is 4.02. The van der Waals surface area contributed by atoms with E-state index < -0.39 is 0 Å². The third-order valence-electron chi connectivity index (χ3n) is 4.02. The van der Waals surface area contributed by atoms with E-state index in [1.54, 1.807) is 0 Å². The van der Waals surface area contributed by atoms with Crippen LogP contribution in [0.25, 0.3) is 0 Å². The Balaban J connectivity index is 1.78. The van der Waals surface area contributed by atoms with Gasteiger partial charge in [0, 0.05) is 38.9 Å². The van der Waals surface area contributed by atoms with Crippen LogP contribution < -0.4 is 4.90 Å². The quantitative estimate of drug-likeness (QED) is 0.865. The zero-order valence-electron chi connectivity index (χ0n) is 12.9. The van der Waals surface area contributed by atoms with E-state index in [0.29, 0.717) is 6.04 Å². The summed E-state index contributed by atoms with van der Waals surface area (Å²) in [5.74, 6) is 1.89. The first-order valence-corrected chi connectivity index (χ1v) is 7.43. The van der Waals surface area contributed by atoms with Crippen LogP contribution in [0.5, 0.6) is 0 Å². The van der Waals surface area contributed by atoms with E-state index in [-0.39, 0.29) is 0 Å². The van der Waals surface area contributed by atoms with E-state index >= 15 is 0 Å². The fourth-order valence-corrected chi connectivity index (χ4v) is 2.98. The Morgan fingerprint density at radius 3 is 2.95 bits per heavy atom. The highest BCUT2D eigenvalue weighted by atomic mass is 16.5. The molecule has 21 heavy (non-hydrogen) atoms. The lowest BCUT2D eigenvalue weighted by atomic mass is 10.1. The lowest BCUT2D eigenvalue weighted by Gasteiger charge is -2.24. The summed E-state index contributed by atoms with van der Waals surface area (Å²) >= 11 is 0. The zero-order chi connectivity index (χ0) is 14.8. The largest absolute Gasteiger partial charge is 0.363 e. The lowest BCUT2D eigenvalue weighted by molar-refractivity contribution is 0.240. The number of nitrogens with zero attached hydrogens (tertiary/aromatic N) is 4. The van der Waals surface area contributed by atoms with E-state index in [9.17, 15) is 0 Å². The molecule has 0 aliphatic carbocycles. The van der Waals surface area contributed by atoms with Crippen molar-refractivity contribution in [1.29, 1.82) is 0 Å². The van der Waals surface area contributed by atoms with Crippen molar-refractivity contribution < 1.29 is 4.52 Å². The van der Waals surface area contributed by atoms with Crippen LogP contribution in [0.3, 0.4) is 0 Å². The fourth-order valence-electron chi connectivity index (χ4n) is 2.98. The predicted molar refractivity (Wildman–Crippen MR) is 82.2 cm³/mol. The van der Waals surface area contributed by atoms with Gasteiger partial charge in [0.25, 0.3) is 0 Å². The molecule has 0 N–H and O–H groups in total. The number of anilines is 1. The number of hydrogen-bond acceptors (Lipinski definition) is 5. The number of rotatable bonds is 4. The highest BCUT2D eigenvalue weighted by Gasteiger charge is 2.27. The van der Waals surface area contributed by atoms with Crippen LogP contribution in [-0.4, -0.2) is 35.7 Å². The van der Waals surface area contributed by atoms with E-state index in [1.807, 2.05) is 38.2 Å². The number of aromatic nitrogens is 2. The first-order chi connectivity index (χ1) is 10.1. The monoisotopic (exact) mass is 286 g/mol. The summed E-state index contributed by atoms with van der Waals surface area (Å²) in [6.07, 6.45) is 4.32. The van der Waals surface area contributed by atoms with Crippen LogP contribution in [0, 0.1) is 6.92 Å². The molecule has 112 valence electrons. The zero-order valence-corrected chi connectivity index (χ0v) is 12.9. The first-order valence-electron chi connectivity index (χ1n) is 7.43. The maximum Gasteiger partial charge on any atom is 0.133 e. The van der Waals surface area contributed by atoms with E-state index in [1.165, 1.54) is 18.4 Å². The normalized spacial score (nSPS) is 19.1. The van der Waals surface area contributed by atoms with E-state index in [2.05, 4.69) is 27.2 Å². The Bertz CT molecular complexity index is 608. The standard InChI is InChI=1S/C16H22N4O/c1-12-9-14(18-21-12)11-20-8-4-5-15(20)13-6-7-17-16(10-13)19(2)3/h6-7,9-10,15H,4-5,8,11H2,1-3H3. The molecule has 1 unspecified atom stereocenters. The Kier molecular flexibility index (Phi) is 3.92. The van der Waals surface area contributed by atoms with Gasteiger partial charge in [-0.05, 0) is 44.0 Å². The molecule has 0 saturated carbocycles. The average molecular weight is 286 g/mol. The highest BCUT2D eigenvalue weighted by Crippen LogP contribution is 2.33. The van der Waals surface area contributed by atoms with Gasteiger partial charge in [0.1, 0.15) is 11.6 Å². The molecule has 0 amide bonds. The lowest BCUT2D eigenvalue weighted by Crippen LogP contribution is -2.23. The maximum atomic E-state index is 5.17. The van der Waals surface area contributed by atoms with Crippen molar-refractivity contribution in [2.45, 2.75) is 32.4 Å². The summed E-state index contributed by atoms with van der Waals surface area (Å²) in [5, 5.41) is 4.12. The first kappa shape index (κ1) is 14.1. The fraction of sp³-hybridized carbons (Fsp3) is 0.500. The Labute approximate surface area is 125 Å². The molecular formula is C16H22N4O. The van der Waals surface area contributed by atoms with Crippen molar-refractivity contribution in [2.75, 3.05) is 25.5 Å². The Morgan fingerprint density at radius 1 is 1.38 bits per heavy atom. The molecule has 3 rings (SSSR count). The summed E-state index contributed by atoms with van der Waals surface area (Å²) < 4.78 is 5.17.